The van der Waals surface area contributed by atoms with E-state index in [9.17, 15) is 8.42 Å². The van der Waals surface area contributed by atoms with Gasteiger partial charge in [0.1, 0.15) is 11.4 Å². The molecule has 0 amide bonds. The van der Waals surface area contributed by atoms with E-state index in [2.05, 4.69) is 26.5 Å². The number of nitrogens with one attached hydrogen (secondary N) is 1. The van der Waals surface area contributed by atoms with Gasteiger partial charge < -0.3 is 15.0 Å². The van der Waals surface area contributed by atoms with Gasteiger partial charge in [0.2, 0.25) is 5.88 Å². The van der Waals surface area contributed by atoms with Gasteiger partial charge in [-0.15, -0.1) is 0 Å². The first-order valence-electron chi connectivity index (χ1n) is 9.38. The van der Waals surface area contributed by atoms with Crippen LogP contribution in [0.2, 0.25) is 0 Å². The van der Waals surface area contributed by atoms with Crippen LogP contribution in [0.4, 0.5) is 5.82 Å². The molecule has 3 heterocycles. The zero-order valence-electron chi connectivity index (χ0n) is 15.4. The third kappa shape index (κ3) is 3.57. The molecule has 26 heavy (non-hydrogen) atoms. The molecule has 1 N–H and O–H groups in total. The Morgan fingerprint density at radius 1 is 1.31 bits per heavy atom. The van der Waals surface area contributed by atoms with Crippen LogP contribution in [-0.4, -0.2) is 55.8 Å². The number of nitrogens with zero attached hydrogens (tertiary/aromatic N) is 3. The Hall–Kier alpha value is -1.67. The van der Waals surface area contributed by atoms with E-state index in [0.717, 1.165) is 38.0 Å². The highest BCUT2D eigenvalue weighted by Gasteiger charge is 2.47. The van der Waals surface area contributed by atoms with Gasteiger partial charge in [-0.3, -0.25) is 0 Å². The number of hydrogen-bond donors (Lipinski definition) is 1. The molecular weight excluding hydrogens is 352 g/mol. The van der Waals surface area contributed by atoms with Gasteiger partial charge in [-0.1, -0.05) is 6.42 Å². The molecule has 4 rings (SSSR count). The first-order chi connectivity index (χ1) is 12.4. The largest absolute Gasteiger partial charge is 0.464 e. The number of aromatic nitrogens is 1. The highest BCUT2D eigenvalue weighted by Crippen LogP contribution is 2.43. The lowest BCUT2D eigenvalue weighted by molar-refractivity contribution is 0.222. The zero-order chi connectivity index (χ0) is 18.4. The van der Waals surface area contributed by atoms with Crippen LogP contribution < -0.4 is 10.1 Å². The zero-order valence-corrected chi connectivity index (χ0v) is 16.2. The van der Waals surface area contributed by atoms with Crippen molar-refractivity contribution in [2.24, 2.45) is 4.40 Å². The summed E-state index contributed by atoms with van der Waals surface area (Å²) in [6.07, 6.45) is 6.81. The number of hydrogen-bond acceptors (Lipinski definition) is 6. The molecule has 0 unspecified atom stereocenters. The third-order valence-electron chi connectivity index (χ3n) is 5.26. The first-order valence-corrected chi connectivity index (χ1v) is 10.8. The molecule has 1 aliphatic carbocycles. The monoisotopic (exact) mass is 378 g/mol. The number of pyridine rings is 1. The van der Waals surface area contributed by atoms with Crippen LogP contribution in [0.25, 0.3) is 0 Å². The fourth-order valence-corrected chi connectivity index (χ4v) is 4.66. The molecule has 7 nitrogen and oxygen atoms in total. The Labute approximate surface area is 154 Å². The van der Waals surface area contributed by atoms with Gasteiger partial charge in [0, 0.05) is 12.6 Å². The molecule has 3 aliphatic rings. The maximum absolute atomic E-state index is 12.4. The Morgan fingerprint density at radius 3 is 2.73 bits per heavy atom. The van der Waals surface area contributed by atoms with E-state index in [-0.39, 0.29) is 16.8 Å². The van der Waals surface area contributed by atoms with Crippen molar-refractivity contribution in [1.29, 1.82) is 0 Å². The predicted molar refractivity (Wildman–Crippen MR) is 101 cm³/mol. The molecule has 1 saturated carbocycles. The number of anilines is 1. The number of rotatable bonds is 4. The molecule has 0 bridgehead atoms. The Balaban J connectivity index is 1.56. The van der Waals surface area contributed by atoms with Crippen LogP contribution in [0, 0.1) is 6.92 Å². The van der Waals surface area contributed by atoms with Gasteiger partial charge in [-0.25, -0.2) is 0 Å². The fourth-order valence-electron chi connectivity index (χ4n) is 3.58. The number of fused-ring (bicyclic) bond motifs is 1. The van der Waals surface area contributed by atoms with Crippen LogP contribution in [0.1, 0.15) is 44.6 Å². The average Bonchev–Trinajstić information content (AvgIpc) is 3.37. The molecule has 2 aliphatic heterocycles. The van der Waals surface area contributed by atoms with E-state index in [1.807, 2.05) is 6.92 Å². The van der Waals surface area contributed by atoms with Crippen LogP contribution in [0.15, 0.2) is 15.4 Å². The topological polar surface area (TPSA) is 83.9 Å². The quantitative estimate of drug-likeness (QED) is 0.866. The summed E-state index contributed by atoms with van der Waals surface area (Å²) in [4.78, 5) is 7.05. The second kappa shape index (κ2) is 6.49. The normalized spacial score (nSPS) is 24.4. The lowest BCUT2D eigenvalue weighted by atomic mass is 10.1. The summed E-state index contributed by atoms with van der Waals surface area (Å²) in [6, 6.07) is 1.83. The number of likely N-dealkylation sites (tertiary alicyclic amines) is 1. The van der Waals surface area contributed by atoms with E-state index in [0.29, 0.717) is 5.82 Å². The number of piperidine rings is 1. The number of sulfonamides is 1. The van der Waals surface area contributed by atoms with E-state index in [1.165, 1.54) is 25.5 Å². The fraction of sp³-hybridized carbons (Fsp3) is 0.667. The molecule has 2 fully saturated rings. The number of ether oxygens (including phenoxy) is 1. The molecule has 1 spiro atoms. The van der Waals surface area contributed by atoms with E-state index in [4.69, 9.17) is 4.74 Å². The molecule has 1 aromatic heterocycles. The van der Waals surface area contributed by atoms with Crippen molar-refractivity contribution in [3.63, 3.8) is 0 Å². The summed E-state index contributed by atoms with van der Waals surface area (Å²) in [5, 5.41) is 3.43. The van der Waals surface area contributed by atoms with Crippen LogP contribution >= 0.6 is 0 Å². The number of aryl methyl sites for hydroxylation is 1. The molecule has 142 valence electrons. The second-order valence-corrected chi connectivity index (χ2v) is 9.34. The van der Waals surface area contributed by atoms with E-state index in [1.54, 1.807) is 6.07 Å². The lowest BCUT2D eigenvalue weighted by Crippen LogP contribution is -2.38. The Morgan fingerprint density at radius 2 is 2.04 bits per heavy atom. The van der Waals surface area contributed by atoms with Crippen molar-refractivity contribution >= 4 is 22.1 Å². The maximum Gasteiger partial charge on any atom is 0.287 e. The minimum absolute atomic E-state index is 0.0595. The van der Waals surface area contributed by atoms with Gasteiger partial charge >= 0.3 is 0 Å². The van der Waals surface area contributed by atoms with Crippen LogP contribution in [-0.2, 0) is 10.0 Å². The minimum atomic E-state index is -3.75. The van der Waals surface area contributed by atoms with Crippen LogP contribution in [0.3, 0.4) is 0 Å². The molecule has 1 saturated heterocycles. The maximum atomic E-state index is 12.4. The smallest absolute Gasteiger partial charge is 0.287 e. The molecule has 8 heteroatoms. The Bertz CT molecular complexity index is 827. The highest BCUT2D eigenvalue weighted by molar-refractivity contribution is 7.90. The van der Waals surface area contributed by atoms with Crippen molar-refractivity contribution in [2.45, 2.75) is 62.5 Å². The summed E-state index contributed by atoms with van der Waals surface area (Å²) in [5.74, 6) is 0.847. The van der Waals surface area contributed by atoms with Gasteiger partial charge in [-0.05, 0) is 64.3 Å². The van der Waals surface area contributed by atoms with E-state index < -0.39 is 15.6 Å². The molecule has 1 atom stereocenters. The summed E-state index contributed by atoms with van der Waals surface area (Å²) in [5.41, 5.74) is 0.195. The molecule has 0 aromatic carbocycles. The summed E-state index contributed by atoms with van der Waals surface area (Å²) in [6.45, 7) is 7.23. The minimum Gasteiger partial charge on any atom is -0.464 e. The highest BCUT2D eigenvalue weighted by atomic mass is 32.2. The summed E-state index contributed by atoms with van der Waals surface area (Å²) < 4.78 is 34.5. The van der Waals surface area contributed by atoms with E-state index >= 15 is 0 Å². The van der Waals surface area contributed by atoms with Gasteiger partial charge in [0.15, 0.2) is 4.90 Å². The summed E-state index contributed by atoms with van der Waals surface area (Å²) in [7, 11) is -3.75. The van der Waals surface area contributed by atoms with Crippen molar-refractivity contribution in [2.75, 3.05) is 25.0 Å². The SMILES string of the molecule is Cc1cc2c(nc1N[C@@H](C)CN1CCCCC1)OC1(C=NS2(=O)=O)CC1. The van der Waals surface area contributed by atoms with Crippen molar-refractivity contribution in [1.82, 2.24) is 9.88 Å². The van der Waals surface area contributed by atoms with Gasteiger partial charge in [-0.2, -0.15) is 17.8 Å². The van der Waals surface area contributed by atoms with Gasteiger partial charge in [0.05, 0.1) is 6.21 Å². The third-order valence-corrected chi connectivity index (χ3v) is 6.49. The average molecular weight is 378 g/mol. The predicted octanol–water partition coefficient (Wildman–Crippen LogP) is 2.36. The lowest BCUT2D eigenvalue weighted by Gasteiger charge is -2.29. The summed E-state index contributed by atoms with van der Waals surface area (Å²) >= 11 is 0. The Kier molecular flexibility index (Phi) is 4.43. The second-order valence-electron chi connectivity index (χ2n) is 7.74. The standard InChI is InChI=1S/C18H26N4O3S/c1-13-10-15-17(25-18(6-7-18)12-19-26(15,23)24)21-16(13)20-14(2)11-22-8-4-3-5-9-22/h10,12,14H,3-9,11H2,1-2H3,(H,20,21)/t14-/m0/s1. The van der Waals surface area contributed by atoms with Crippen LogP contribution in [0.5, 0.6) is 5.88 Å². The molecule has 0 radical (unpaired) electrons. The molecular formula is C18H26N4O3S. The van der Waals surface area contributed by atoms with Crippen molar-refractivity contribution in [3.05, 3.63) is 11.6 Å². The van der Waals surface area contributed by atoms with Gasteiger partial charge in [0.25, 0.3) is 10.0 Å². The molecule has 1 aromatic rings. The van der Waals surface area contributed by atoms with Crippen molar-refractivity contribution < 1.29 is 13.2 Å². The first kappa shape index (κ1) is 17.7. The van der Waals surface area contributed by atoms with Crippen molar-refractivity contribution in [3.8, 4) is 5.88 Å².